The molecule has 2 aromatic rings. The van der Waals surface area contributed by atoms with Crippen molar-refractivity contribution in [1.29, 1.82) is 0 Å². The average molecular weight is 346 g/mol. The monoisotopic (exact) mass is 346 g/mol. The highest BCUT2D eigenvalue weighted by Crippen LogP contribution is 2.27. The van der Waals surface area contributed by atoms with E-state index in [1.807, 2.05) is 4.90 Å². The summed E-state index contributed by atoms with van der Waals surface area (Å²) < 4.78 is 13.3. The number of benzene rings is 1. The summed E-state index contributed by atoms with van der Waals surface area (Å²) in [4.78, 5) is 24.4. The summed E-state index contributed by atoms with van der Waals surface area (Å²) in [6.45, 7) is 6.07. The zero-order valence-electron chi connectivity index (χ0n) is 15.4. The van der Waals surface area contributed by atoms with Crippen LogP contribution in [-0.2, 0) is 11.2 Å². The van der Waals surface area contributed by atoms with Crippen LogP contribution in [0.3, 0.4) is 0 Å². The molecule has 1 N–H and O–H groups in total. The number of amides is 1. The maximum Gasteiger partial charge on any atom is 0.223 e. The Morgan fingerprint density at radius 2 is 2.16 bits per heavy atom. The van der Waals surface area contributed by atoms with E-state index in [2.05, 4.69) is 42.8 Å². The molecule has 1 aromatic carbocycles. The molecule has 1 saturated heterocycles. The van der Waals surface area contributed by atoms with Crippen LogP contribution in [0.25, 0.3) is 11.0 Å². The van der Waals surface area contributed by atoms with E-state index in [9.17, 15) is 9.18 Å². The van der Waals surface area contributed by atoms with Crippen molar-refractivity contribution in [3.05, 3.63) is 29.8 Å². The first-order chi connectivity index (χ1) is 11.8. The molecule has 2 heterocycles. The van der Waals surface area contributed by atoms with Crippen molar-refractivity contribution in [3.8, 4) is 0 Å². The molecular weight excluding hydrogens is 319 g/mol. The van der Waals surface area contributed by atoms with Gasteiger partial charge in [-0.05, 0) is 44.1 Å². The van der Waals surface area contributed by atoms with Crippen LogP contribution >= 0.6 is 0 Å². The molecule has 2 atom stereocenters. The second-order valence-electron chi connectivity index (χ2n) is 7.58. The Bertz CT molecular complexity index is 739. The molecule has 0 bridgehead atoms. The third-order valence-corrected chi connectivity index (χ3v) is 5.27. The van der Waals surface area contributed by atoms with Gasteiger partial charge < -0.3 is 14.8 Å². The van der Waals surface area contributed by atoms with Crippen molar-refractivity contribution < 1.29 is 9.18 Å². The number of likely N-dealkylation sites (N-methyl/N-ethyl adjacent to an activating group) is 1. The minimum atomic E-state index is -0.287. The SMILES string of the molecule is CC(C)[C@@H]1CN(C(=O)CCc2nc3ccc(F)cc3[nH]2)C[C@H]1N(C)C. The van der Waals surface area contributed by atoms with E-state index < -0.39 is 0 Å². The van der Waals surface area contributed by atoms with Crippen molar-refractivity contribution in [2.45, 2.75) is 32.7 Å². The number of carbonyl (C=O) groups excluding carboxylic acids is 1. The Morgan fingerprint density at radius 1 is 1.40 bits per heavy atom. The van der Waals surface area contributed by atoms with Gasteiger partial charge in [0.1, 0.15) is 11.6 Å². The third-order valence-electron chi connectivity index (χ3n) is 5.27. The zero-order valence-corrected chi connectivity index (χ0v) is 15.4. The predicted molar refractivity (Wildman–Crippen MR) is 96.8 cm³/mol. The topological polar surface area (TPSA) is 52.2 Å². The lowest BCUT2D eigenvalue weighted by Crippen LogP contribution is -2.37. The predicted octanol–water partition coefficient (Wildman–Crippen LogP) is 2.68. The Balaban J connectivity index is 1.62. The van der Waals surface area contributed by atoms with Gasteiger partial charge in [-0.25, -0.2) is 9.37 Å². The molecule has 136 valence electrons. The van der Waals surface area contributed by atoms with E-state index in [0.29, 0.717) is 36.2 Å². The van der Waals surface area contributed by atoms with Crippen LogP contribution in [0.15, 0.2) is 18.2 Å². The highest BCUT2D eigenvalue weighted by molar-refractivity contribution is 5.77. The number of aryl methyl sites for hydroxylation is 1. The molecule has 1 amide bonds. The van der Waals surface area contributed by atoms with Gasteiger partial charge in [-0.2, -0.15) is 0 Å². The molecule has 1 aliphatic heterocycles. The van der Waals surface area contributed by atoms with Crippen LogP contribution in [0.5, 0.6) is 0 Å². The maximum atomic E-state index is 13.3. The van der Waals surface area contributed by atoms with Gasteiger partial charge in [-0.15, -0.1) is 0 Å². The standard InChI is InChI=1S/C19H27FN4O/c1-12(2)14-10-24(11-17(14)23(3)4)19(25)8-7-18-21-15-6-5-13(20)9-16(15)22-18/h5-6,9,12,14,17H,7-8,10-11H2,1-4H3,(H,21,22)/t14-,17+/m0/s1. The quantitative estimate of drug-likeness (QED) is 0.906. The van der Waals surface area contributed by atoms with E-state index in [4.69, 9.17) is 0 Å². The molecule has 0 radical (unpaired) electrons. The second kappa shape index (κ2) is 7.12. The Hall–Kier alpha value is -1.95. The molecule has 0 aliphatic carbocycles. The molecule has 6 heteroatoms. The lowest BCUT2D eigenvalue weighted by molar-refractivity contribution is -0.130. The van der Waals surface area contributed by atoms with Crippen molar-refractivity contribution in [2.24, 2.45) is 11.8 Å². The number of imidazole rings is 1. The number of rotatable bonds is 5. The van der Waals surface area contributed by atoms with E-state index in [1.165, 1.54) is 12.1 Å². The van der Waals surface area contributed by atoms with Gasteiger partial charge in [0, 0.05) is 32.0 Å². The number of halogens is 1. The largest absolute Gasteiger partial charge is 0.342 e. The van der Waals surface area contributed by atoms with Gasteiger partial charge in [0.2, 0.25) is 5.91 Å². The summed E-state index contributed by atoms with van der Waals surface area (Å²) in [5, 5.41) is 0. The molecule has 1 aliphatic rings. The minimum absolute atomic E-state index is 0.168. The number of hydrogen-bond acceptors (Lipinski definition) is 3. The summed E-state index contributed by atoms with van der Waals surface area (Å²) in [5.41, 5.74) is 1.41. The van der Waals surface area contributed by atoms with Crippen LogP contribution in [0.2, 0.25) is 0 Å². The van der Waals surface area contributed by atoms with Crippen molar-refractivity contribution in [2.75, 3.05) is 27.2 Å². The van der Waals surface area contributed by atoms with E-state index in [-0.39, 0.29) is 11.7 Å². The van der Waals surface area contributed by atoms with Gasteiger partial charge in [0.05, 0.1) is 11.0 Å². The van der Waals surface area contributed by atoms with Crippen molar-refractivity contribution >= 4 is 16.9 Å². The minimum Gasteiger partial charge on any atom is -0.342 e. The fraction of sp³-hybridized carbons (Fsp3) is 0.579. The van der Waals surface area contributed by atoms with Gasteiger partial charge in [-0.1, -0.05) is 13.8 Å². The first-order valence-electron chi connectivity index (χ1n) is 8.93. The molecule has 3 rings (SSSR count). The molecule has 0 spiro atoms. The van der Waals surface area contributed by atoms with Crippen LogP contribution in [0.1, 0.15) is 26.1 Å². The summed E-state index contributed by atoms with van der Waals surface area (Å²) in [6, 6.07) is 4.90. The van der Waals surface area contributed by atoms with Crippen LogP contribution in [0, 0.1) is 17.7 Å². The zero-order chi connectivity index (χ0) is 18.1. The van der Waals surface area contributed by atoms with Gasteiger partial charge in [0.15, 0.2) is 0 Å². The molecule has 25 heavy (non-hydrogen) atoms. The van der Waals surface area contributed by atoms with E-state index in [1.54, 1.807) is 6.07 Å². The maximum absolute atomic E-state index is 13.3. The molecule has 0 unspecified atom stereocenters. The Kier molecular flexibility index (Phi) is 5.08. The smallest absolute Gasteiger partial charge is 0.223 e. The molecule has 1 fully saturated rings. The summed E-state index contributed by atoms with van der Waals surface area (Å²) in [6.07, 6.45) is 0.970. The number of carbonyl (C=O) groups is 1. The number of fused-ring (bicyclic) bond motifs is 1. The van der Waals surface area contributed by atoms with Gasteiger partial charge in [0.25, 0.3) is 0 Å². The Morgan fingerprint density at radius 3 is 2.80 bits per heavy atom. The van der Waals surface area contributed by atoms with Gasteiger partial charge >= 0.3 is 0 Å². The first kappa shape index (κ1) is 17.9. The van der Waals surface area contributed by atoms with E-state index >= 15 is 0 Å². The fourth-order valence-electron chi connectivity index (χ4n) is 3.75. The third kappa shape index (κ3) is 3.84. The first-order valence-corrected chi connectivity index (χ1v) is 8.93. The fourth-order valence-corrected chi connectivity index (χ4v) is 3.75. The van der Waals surface area contributed by atoms with E-state index in [0.717, 1.165) is 24.4 Å². The number of H-pyrrole nitrogens is 1. The summed E-state index contributed by atoms with van der Waals surface area (Å²) in [7, 11) is 4.17. The van der Waals surface area contributed by atoms with Crippen LogP contribution in [0.4, 0.5) is 4.39 Å². The lowest BCUT2D eigenvalue weighted by atomic mass is 9.91. The summed E-state index contributed by atoms with van der Waals surface area (Å²) >= 11 is 0. The Labute approximate surface area is 148 Å². The number of aromatic nitrogens is 2. The van der Waals surface area contributed by atoms with Crippen molar-refractivity contribution in [1.82, 2.24) is 19.8 Å². The van der Waals surface area contributed by atoms with Crippen molar-refractivity contribution in [3.63, 3.8) is 0 Å². The second-order valence-corrected chi connectivity index (χ2v) is 7.58. The molecule has 5 nitrogen and oxygen atoms in total. The molecule has 1 aromatic heterocycles. The van der Waals surface area contributed by atoms with Crippen LogP contribution < -0.4 is 0 Å². The lowest BCUT2D eigenvalue weighted by Gasteiger charge is -2.27. The average Bonchev–Trinajstić information content (AvgIpc) is 3.16. The number of nitrogens with one attached hydrogen (secondary N) is 1. The number of hydrogen-bond donors (Lipinski definition) is 1. The highest BCUT2D eigenvalue weighted by atomic mass is 19.1. The molecule has 0 saturated carbocycles. The number of aromatic amines is 1. The highest BCUT2D eigenvalue weighted by Gasteiger charge is 2.37. The van der Waals surface area contributed by atoms with Crippen LogP contribution in [-0.4, -0.2) is 58.9 Å². The van der Waals surface area contributed by atoms with Gasteiger partial charge in [-0.3, -0.25) is 4.79 Å². The molecular formula is C19H27FN4O. The number of likely N-dealkylation sites (tertiary alicyclic amines) is 1. The number of nitrogens with zero attached hydrogens (tertiary/aromatic N) is 3. The normalized spacial score (nSPS) is 21.0. The summed E-state index contributed by atoms with van der Waals surface area (Å²) in [5.74, 6) is 1.67.